The van der Waals surface area contributed by atoms with Crippen molar-refractivity contribution < 1.29 is 9.59 Å². The zero-order chi connectivity index (χ0) is 19.5. The fourth-order valence-electron chi connectivity index (χ4n) is 3.62. The molecular weight excluding hydrogens is 392 g/mol. The van der Waals surface area contributed by atoms with Crippen LogP contribution in [0.3, 0.4) is 0 Å². The number of fused-ring (bicyclic) bond motifs is 1. The Morgan fingerprint density at radius 3 is 2.57 bits per heavy atom. The highest BCUT2D eigenvalue weighted by atomic mass is 35.5. The first-order chi connectivity index (χ1) is 13.6. The monoisotopic (exact) mass is 412 g/mol. The maximum atomic E-state index is 12.5. The molecule has 1 aliphatic rings. The number of benzene rings is 2. The number of likely N-dealkylation sites (tertiary alicyclic amines) is 1. The van der Waals surface area contributed by atoms with Crippen LogP contribution in [0.1, 0.15) is 47.0 Å². The van der Waals surface area contributed by atoms with E-state index in [1.54, 1.807) is 23.5 Å². The van der Waals surface area contributed by atoms with Crippen LogP contribution in [-0.2, 0) is 4.79 Å². The van der Waals surface area contributed by atoms with Crippen LogP contribution in [0.4, 0.5) is 0 Å². The molecule has 28 heavy (non-hydrogen) atoms. The van der Waals surface area contributed by atoms with Gasteiger partial charge in [0.2, 0.25) is 5.91 Å². The highest BCUT2D eigenvalue weighted by Crippen LogP contribution is 2.34. The molecule has 0 aliphatic carbocycles. The van der Waals surface area contributed by atoms with Gasteiger partial charge >= 0.3 is 0 Å². The van der Waals surface area contributed by atoms with E-state index in [2.05, 4.69) is 0 Å². The van der Waals surface area contributed by atoms with Gasteiger partial charge in [0.1, 0.15) is 0 Å². The molecule has 0 atom stereocenters. The summed E-state index contributed by atoms with van der Waals surface area (Å²) in [6, 6.07) is 15.0. The van der Waals surface area contributed by atoms with E-state index < -0.39 is 0 Å². The number of rotatable bonds is 5. The molecule has 1 amide bonds. The number of hydrogen-bond donors (Lipinski definition) is 0. The summed E-state index contributed by atoms with van der Waals surface area (Å²) in [6.45, 7) is 1.44. The van der Waals surface area contributed by atoms with E-state index in [0.29, 0.717) is 16.5 Å². The molecule has 4 nitrogen and oxygen atoms in total. The van der Waals surface area contributed by atoms with Crippen LogP contribution < -0.4 is 0 Å². The average Bonchev–Trinajstić information content (AvgIpc) is 3.15. The van der Waals surface area contributed by atoms with Gasteiger partial charge in [0.25, 0.3) is 0 Å². The molecule has 0 saturated carbocycles. The normalized spacial score (nSPS) is 15.1. The molecule has 0 radical (unpaired) electrons. The molecule has 1 saturated heterocycles. The van der Waals surface area contributed by atoms with Crippen LogP contribution in [0.25, 0.3) is 10.2 Å². The smallest absolute Gasteiger partial charge is 0.223 e. The van der Waals surface area contributed by atoms with Crippen LogP contribution in [0, 0.1) is 0 Å². The Kier molecular flexibility index (Phi) is 5.74. The largest absolute Gasteiger partial charge is 0.343 e. The SMILES string of the molecule is O=C(CCC(=O)N1CCC(c2nc3cc(Cl)ccc3s2)CC1)c1ccccc1. The summed E-state index contributed by atoms with van der Waals surface area (Å²) in [4.78, 5) is 31.3. The summed E-state index contributed by atoms with van der Waals surface area (Å²) in [5, 5.41) is 1.83. The second-order valence-electron chi connectivity index (χ2n) is 7.11. The molecule has 0 unspecified atom stereocenters. The molecule has 1 fully saturated rings. The zero-order valence-corrected chi connectivity index (χ0v) is 17.0. The Balaban J connectivity index is 1.30. The van der Waals surface area contributed by atoms with Crippen LogP contribution in [-0.4, -0.2) is 34.7 Å². The van der Waals surface area contributed by atoms with Gasteiger partial charge in [-0.15, -0.1) is 11.3 Å². The number of carbonyl (C=O) groups excluding carboxylic acids is 2. The van der Waals surface area contributed by atoms with E-state index in [9.17, 15) is 9.59 Å². The van der Waals surface area contributed by atoms with Crippen molar-refractivity contribution in [1.29, 1.82) is 0 Å². The maximum Gasteiger partial charge on any atom is 0.223 e. The summed E-state index contributed by atoms with van der Waals surface area (Å²) < 4.78 is 1.15. The fraction of sp³-hybridized carbons (Fsp3) is 0.318. The van der Waals surface area contributed by atoms with Gasteiger partial charge in [0.15, 0.2) is 5.78 Å². The minimum atomic E-state index is 0.0250. The van der Waals surface area contributed by atoms with Gasteiger partial charge in [0, 0.05) is 42.4 Å². The third-order valence-electron chi connectivity index (χ3n) is 5.22. The number of carbonyl (C=O) groups is 2. The molecule has 6 heteroatoms. The van der Waals surface area contributed by atoms with Crippen molar-refractivity contribution in [3.63, 3.8) is 0 Å². The highest BCUT2D eigenvalue weighted by Gasteiger charge is 2.26. The summed E-state index contributed by atoms with van der Waals surface area (Å²) in [6.07, 6.45) is 2.36. The minimum absolute atomic E-state index is 0.0250. The maximum absolute atomic E-state index is 12.5. The van der Waals surface area contributed by atoms with Crippen molar-refractivity contribution in [3.05, 3.63) is 64.1 Å². The molecule has 4 rings (SSSR count). The summed E-state index contributed by atoms with van der Waals surface area (Å²) in [7, 11) is 0. The van der Waals surface area contributed by atoms with Gasteiger partial charge in [-0.2, -0.15) is 0 Å². The van der Waals surface area contributed by atoms with E-state index >= 15 is 0 Å². The predicted octanol–water partition coefficient (Wildman–Crippen LogP) is 5.32. The van der Waals surface area contributed by atoms with Gasteiger partial charge in [-0.05, 0) is 31.0 Å². The molecule has 1 aliphatic heterocycles. The zero-order valence-electron chi connectivity index (χ0n) is 15.4. The van der Waals surface area contributed by atoms with Crippen molar-refractivity contribution in [3.8, 4) is 0 Å². The van der Waals surface area contributed by atoms with Crippen LogP contribution >= 0.6 is 22.9 Å². The molecule has 0 spiro atoms. The first-order valence-corrected chi connectivity index (χ1v) is 10.7. The van der Waals surface area contributed by atoms with E-state index in [1.165, 1.54) is 0 Å². The number of piperidine rings is 1. The van der Waals surface area contributed by atoms with Crippen molar-refractivity contribution in [2.75, 3.05) is 13.1 Å². The highest BCUT2D eigenvalue weighted by molar-refractivity contribution is 7.18. The fourth-order valence-corrected chi connectivity index (χ4v) is 4.90. The Morgan fingerprint density at radius 1 is 1.07 bits per heavy atom. The minimum Gasteiger partial charge on any atom is -0.343 e. The van der Waals surface area contributed by atoms with Crippen molar-refractivity contribution >= 4 is 44.8 Å². The Labute approximate surface area is 173 Å². The molecule has 0 bridgehead atoms. The van der Waals surface area contributed by atoms with Crippen molar-refractivity contribution in [2.45, 2.75) is 31.6 Å². The van der Waals surface area contributed by atoms with E-state index in [1.807, 2.05) is 41.3 Å². The molecular formula is C22H21ClN2O2S. The molecule has 2 heterocycles. The number of amides is 1. The number of hydrogen-bond acceptors (Lipinski definition) is 4. The average molecular weight is 413 g/mol. The van der Waals surface area contributed by atoms with Crippen LogP contribution in [0.15, 0.2) is 48.5 Å². The lowest BCUT2D eigenvalue weighted by Gasteiger charge is -2.31. The van der Waals surface area contributed by atoms with E-state index in [0.717, 1.165) is 41.2 Å². The van der Waals surface area contributed by atoms with Crippen LogP contribution in [0.5, 0.6) is 0 Å². The van der Waals surface area contributed by atoms with E-state index in [-0.39, 0.29) is 24.5 Å². The van der Waals surface area contributed by atoms with Crippen molar-refractivity contribution in [1.82, 2.24) is 9.88 Å². The standard InChI is InChI=1S/C22H21ClN2O2S/c23-17-6-8-20-18(14-17)24-22(28-20)16-10-12-25(13-11-16)21(27)9-7-19(26)15-4-2-1-3-5-15/h1-6,8,14,16H,7,9-13H2. The van der Waals surface area contributed by atoms with Gasteiger partial charge in [0.05, 0.1) is 15.2 Å². The summed E-state index contributed by atoms with van der Waals surface area (Å²) in [5.74, 6) is 0.474. The van der Waals surface area contributed by atoms with Gasteiger partial charge < -0.3 is 4.90 Å². The number of nitrogens with zero attached hydrogens (tertiary/aromatic N) is 2. The number of aromatic nitrogens is 1. The summed E-state index contributed by atoms with van der Waals surface area (Å²) in [5.41, 5.74) is 1.62. The Morgan fingerprint density at radius 2 is 1.82 bits per heavy atom. The van der Waals surface area contributed by atoms with Gasteiger partial charge in [-0.25, -0.2) is 4.98 Å². The second kappa shape index (κ2) is 8.41. The first kappa shape index (κ1) is 19.1. The second-order valence-corrected chi connectivity index (χ2v) is 8.61. The summed E-state index contributed by atoms with van der Waals surface area (Å²) >= 11 is 7.77. The van der Waals surface area contributed by atoms with Gasteiger partial charge in [-0.3, -0.25) is 9.59 Å². The molecule has 144 valence electrons. The quantitative estimate of drug-likeness (QED) is 0.533. The first-order valence-electron chi connectivity index (χ1n) is 9.52. The number of halogens is 1. The number of ketones is 1. The third-order valence-corrected chi connectivity index (χ3v) is 6.66. The Bertz CT molecular complexity index is 994. The topological polar surface area (TPSA) is 50.3 Å². The number of Topliss-reactive ketones (excluding diaryl/α,β-unsaturated/α-hetero) is 1. The molecule has 0 N–H and O–H groups in total. The molecule has 1 aromatic heterocycles. The number of thiazole rings is 1. The lowest BCUT2D eigenvalue weighted by Crippen LogP contribution is -2.38. The van der Waals surface area contributed by atoms with Crippen molar-refractivity contribution in [2.24, 2.45) is 0 Å². The van der Waals surface area contributed by atoms with Gasteiger partial charge in [-0.1, -0.05) is 41.9 Å². The molecule has 2 aromatic carbocycles. The Hall–Kier alpha value is -2.24. The van der Waals surface area contributed by atoms with Crippen LogP contribution in [0.2, 0.25) is 5.02 Å². The third kappa shape index (κ3) is 4.26. The predicted molar refractivity (Wildman–Crippen MR) is 113 cm³/mol. The molecule has 3 aromatic rings. The lowest BCUT2D eigenvalue weighted by molar-refractivity contribution is -0.132. The lowest BCUT2D eigenvalue weighted by atomic mass is 9.97. The van der Waals surface area contributed by atoms with E-state index in [4.69, 9.17) is 16.6 Å².